The van der Waals surface area contributed by atoms with E-state index in [1.807, 2.05) is 6.20 Å². The quantitative estimate of drug-likeness (QED) is 0.331. The zero-order valence-corrected chi connectivity index (χ0v) is 15.2. The van der Waals surface area contributed by atoms with E-state index in [-0.39, 0.29) is 6.61 Å². The second-order valence-corrected chi connectivity index (χ2v) is 6.63. The summed E-state index contributed by atoms with van der Waals surface area (Å²) < 4.78 is 0. The summed E-state index contributed by atoms with van der Waals surface area (Å²) in [5.74, 6) is 0. The van der Waals surface area contributed by atoms with E-state index in [9.17, 15) is 0 Å². The number of aliphatic hydroxyl groups excluding tert-OH is 1. The first-order chi connectivity index (χ1) is 11.4. The lowest BCUT2D eigenvalue weighted by Gasteiger charge is -2.24. The van der Waals surface area contributed by atoms with Crippen molar-refractivity contribution in [1.29, 1.82) is 0 Å². The van der Waals surface area contributed by atoms with Crippen LogP contribution in [0.2, 0.25) is 0 Å². The van der Waals surface area contributed by atoms with Gasteiger partial charge in [0.25, 0.3) is 0 Å². The molecule has 0 aromatic carbocycles. The summed E-state index contributed by atoms with van der Waals surface area (Å²) >= 11 is 0. The second kappa shape index (κ2) is 14.6. The fourth-order valence-corrected chi connectivity index (χ4v) is 3.11. The number of hydrogen-bond acceptors (Lipinski definition) is 3. The van der Waals surface area contributed by atoms with E-state index < -0.39 is 0 Å². The maximum atomic E-state index is 9.02. The molecule has 0 aromatic rings. The van der Waals surface area contributed by atoms with Crippen LogP contribution in [0.3, 0.4) is 0 Å². The van der Waals surface area contributed by atoms with E-state index >= 15 is 0 Å². The first-order valence-electron chi connectivity index (χ1n) is 9.82. The minimum absolute atomic E-state index is 0.233. The van der Waals surface area contributed by atoms with Crippen molar-refractivity contribution in [3.05, 3.63) is 24.6 Å². The molecule has 0 saturated heterocycles. The lowest BCUT2D eigenvalue weighted by Crippen LogP contribution is -2.36. The molecule has 0 saturated carbocycles. The molecule has 23 heavy (non-hydrogen) atoms. The van der Waals surface area contributed by atoms with Gasteiger partial charge < -0.3 is 15.3 Å². The average Bonchev–Trinajstić information content (AvgIpc) is 2.99. The van der Waals surface area contributed by atoms with Gasteiger partial charge in [0.1, 0.15) is 0 Å². The topological polar surface area (TPSA) is 35.5 Å². The van der Waals surface area contributed by atoms with Gasteiger partial charge in [0.2, 0.25) is 0 Å². The van der Waals surface area contributed by atoms with Crippen molar-refractivity contribution in [2.75, 3.05) is 13.2 Å². The van der Waals surface area contributed by atoms with Crippen molar-refractivity contribution < 1.29 is 5.11 Å². The first kappa shape index (κ1) is 20.1. The number of unbranched alkanes of at least 4 members (excludes halogenated alkanes) is 9. The highest BCUT2D eigenvalue weighted by atomic mass is 16.3. The SMILES string of the molecule is CCC/C=C/CCCCCCCCCCC1NC=CN1CCO. The maximum Gasteiger partial charge on any atom is 0.0982 e. The molecule has 0 aliphatic carbocycles. The van der Waals surface area contributed by atoms with Gasteiger partial charge in [0.05, 0.1) is 12.8 Å². The molecule has 1 aliphatic heterocycles. The Morgan fingerprint density at radius 2 is 1.61 bits per heavy atom. The summed E-state index contributed by atoms with van der Waals surface area (Å²) in [6.07, 6.45) is 25.0. The van der Waals surface area contributed by atoms with Gasteiger partial charge in [-0.2, -0.15) is 0 Å². The number of rotatable bonds is 15. The standard InChI is InChI=1S/C20H38N2O/c1-2-3-4-5-6-7-8-9-10-11-12-13-14-15-20-21-16-17-22(20)18-19-23/h4-5,16-17,20-21,23H,2-3,6-15,18-19H2,1H3/b5-4+. The summed E-state index contributed by atoms with van der Waals surface area (Å²) in [5.41, 5.74) is 0. The van der Waals surface area contributed by atoms with Gasteiger partial charge in [-0.1, -0.05) is 64.0 Å². The van der Waals surface area contributed by atoms with Gasteiger partial charge in [-0.25, -0.2) is 0 Å². The van der Waals surface area contributed by atoms with E-state index in [2.05, 4.69) is 35.5 Å². The van der Waals surface area contributed by atoms with E-state index in [1.165, 1.54) is 77.0 Å². The van der Waals surface area contributed by atoms with E-state index in [0.29, 0.717) is 6.17 Å². The van der Waals surface area contributed by atoms with Crippen LogP contribution < -0.4 is 5.32 Å². The summed E-state index contributed by atoms with van der Waals surface area (Å²) in [5, 5.41) is 12.4. The minimum atomic E-state index is 0.233. The van der Waals surface area contributed by atoms with Gasteiger partial charge in [0.15, 0.2) is 0 Å². The summed E-state index contributed by atoms with van der Waals surface area (Å²) in [6, 6.07) is 0. The fourth-order valence-electron chi connectivity index (χ4n) is 3.11. The van der Waals surface area contributed by atoms with E-state index in [0.717, 1.165) is 6.54 Å². The highest BCUT2D eigenvalue weighted by Crippen LogP contribution is 2.15. The number of aliphatic hydroxyl groups is 1. The molecule has 1 heterocycles. The third kappa shape index (κ3) is 10.4. The molecule has 3 heteroatoms. The monoisotopic (exact) mass is 322 g/mol. The molecule has 1 unspecified atom stereocenters. The number of β-amino-alcohol motifs (C(OH)–C–C–N with tert-alkyl or cyclic N) is 1. The molecular weight excluding hydrogens is 284 g/mol. The van der Waals surface area contributed by atoms with Crippen molar-refractivity contribution in [2.24, 2.45) is 0 Å². The van der Waals surface area contributed by atoms with Crippen LogP contribution in [0.1, 0.15) is 84.0 Å². The third-order valence-electron chi connectivity index (χ3n) is 4.53. The maximum absolute atomic E-state index is 9.02. The zero-order chi connectivity index (χ0) is 16.6. The highest BCUT2D eigenvalue weighted by molar-refractivity contribution is 4.93. The lowest BCUT2D eigenvalue weighted by atomic mass is 10.1. The second-order valence-electron chi connectivity index (χ2n) is 6.63. The van der Waals surface area contributed by atoms with Gasteiger partial charge in [0, 0.05) is 18.9 Å². The van der Waals surface area contributed by atoms with Crippen molar-refractivity contribution in [3.8, 4) is 0 Å². The van der Waals surface area contributed by atoms with Crippen LogP contribution in [0.5, 0.6) is 0 Å². The van der Waals surface area contributed by atoms with Crippen LogP contribution in [0.25, 0.3) is 0 Å². The number of nitrogens with one attached hydrogen (secondary N) is 1. The first-order valence-corrected chi connectivity index (χ1v) is 9.82. The lowest BCUT2D eigenvalue weighted by molar-refractivity contribution is 0.194. The Morgan fingerprint density at radius 3 is 2.30 bits per heavy atom. The van der Waals surface area contributed by atoms with Crippen LogP contribution in [0.4, 0.5) is 0 Å². The van der Waals surface area contributed by atoms with Crippen LogP contribution in [0, 0.1) is 0 Å². The van der Waals surface area contributed by atoms with Crippen molar-refractivity contribution in [3.63, 3.8) is 0 Å². The molecule has 1 aliphatic rings. The molecule has 0 radical (unpaired) electrons. The minimum Gasteiger partial charge on any atom is -0.395 e. The Labute approximate surface area is 143 Å². The predicted octanol–water partition coefficient (Wildman–Crippen LogP) is 4.94. The van der Waals surface area contributed by atoms with Gasteiger partial charge in [-0.3, -0.25) is 0 Å². The molecule has 0 fully saturated rings. The zero-order valence-electron chi connectivity index (χ0n) is 15.2. The molecule has 0 aromatic heterocycles. The van der Waals surface area contributed by atoms with Crippen LogP contribution in [-0.4, -0.2) is 29.3 Å². The van der Waals surface area contributed by atoms with Crippen molar-refractivity contribution >= 4 is 0 Å². The predicted molar refractivity (Wildman–Crippen MR) is 100 cm³/mol. The molecule has 1 atom stereocenters. The molecule has 2 N–H and O–H groups in total. The van der Waals surface area contributed by atoms with Gasteiger partial charge in [-0.15, -0.1) is 0 Å². The van der Waals surface area contributed by atoms with Crippen LogP contribution >= 0.6 is 0 Å². The van der Waals surface area contributed by atoms with Crippen molar-refractivity contribution in [2.45, 2.75) is 90.1 Å². The largest absolute Gasteiger partial charge is 0.395 e. The third-order valence-corrected chi connectivity index (χ3v) is 4.53. The van der Waals surface area contributed by atoms with Gasteiger partial charge in [-0.05, 0) is 32.1 Å². The average molecular weight is 323 g/mol. The Morgan fingerprint density at radius 1 is 0.957 bits per heavy atom. The fraction of sp³-hybridized carbons (Fsp3) is 0.800. The van der Waals surface area contributed by atoms with Crippen molar-refractivity contribution in [1.82, 2.24) is 10.2 Å². The normalized spacial score (nSPS) is 17.3. The summed E-state index contributed by atoms with van der Waals surface area (Å²) in [4.78, 5) is 2.20. The molecular formula is C20H38N2O. The number of nitrogens with zero attached hydrogens (tertiary/aromatic N) is 1. The summed E-state index contributed by atoms with van der Waals surface area (Å²) in [6.45, 7) is 3.20. The number of hydrogen-bond donors (Lipinski definition) is 2. The van der Waals surface area contributed by atoms with Crippen LogP contribution in [-0.2, 0) is 0 Å². The molecule has 3 nitrogen and oxygen atoms in total. The van der Waals surface area contributed by atoms with E-state index in [1.54, 1.807) is 0 Å². The Hall–Kier alpha value is -0.960. The molecule has 1 rings (SSSR count). The molecule has 0 amide bonds. The molecule has 134 valence electrons. The van der Waals surface area contributed by atoms with E-state index in [4.69, 9.17) is 5.11 Å². The smallest absolute Gasteiger partial charge is 0.0982 e. The van der Waals surface area contributed by atoms with Gasteiger partial charge >= 0.3 is 0 Å². The number of allylic oxidation sites excluding steroid dienone is 2. The summed E-state index contributed by atoms with van der Waals surface area (Å²) in [7, 11) is 0. The Kier molecular flexibility index (Phi) is 12.8. The molecule has 0 spiro atoms. The Bertz CT molecular complexity index is 315. The Balaban J connectivity index is 1.81. The highest BCUT2D eigenvalue weighted by Gasteiger charge is 2.16. The van der Waals surface area contributed by atoms with Crippen LogP contribution in [0.15, 0.2) is 24.6 Å². The molecule has 0 bridgehead atoms.